The van der Waals surface area contributed by atoms with E-state index in [-0.39, 0.29) is 80.3 Å². The monoisotopic (exact) mass is 1030 g/mol. The summed E-state index contributed by atoms with van der Waals surface area (Å²) >= 11 is 0. The van der Waals surface area contributed by atoms with Gasteiger partial charge in [0, 0.05) is 48.1 Å². The first-order valence-electron chi connectivity index (χ1n) is 26.1. The van der Waals surface area contributed by atoms with E-state index < -0.39 is 72.9 Å². The van der Waals surface area contributed by atoms with Gasteiger partial charge in [0.2, 0.25) is 6.29 Å². The number of rotatable bonds is 22. The van der Waals surface area contributed by atoms with E-state index in [1.165, 1.54) is 39.3 Å². The van der Waals surface area contributed by atoms with Crippen LogP contribution in [-0.4, -0.2) is 137 Å². The van der Waals surface area contributed by atoms with Crippen molar-refractivity contribution in [3.05, 3.63) is 92.1 Å². The van der Waals surface area contributed by atoms with E-state index in [0.717, 1.165) is 25.7 Å². The molecule has 2 amide bonds. The second-order valence-corrected chi connectivity index (χ2v) is 21.8. The van der Waals surface area contributed by atoms with E-state index in [1.807, 2.05) is 13.8 Å². The van der Waals surface area contributed by atoms with E-state index in [0.29, 0.717) is 59.4 Å². The van der Waals surface area contributed by atoms with Crippen molar-refractivity contribution >= 4 is 18.3 Å². The van der Waals surface area contributed by atoms with Crippen LogP contribution in [0.2, 0.25) is 0 Å². The van der Waals surface area contributed by atoms with Gasteiger partial charge in [0.1, 0.15) is 58.6 Å². The van der Waals surface area contributed by atoms with Crippen LogP contribution in [0, 0.1) is 0 Å². The largest absolute Gasteiger partial charge is 0.508 e. The minimum absolute atomic E-state index is 0.00942. The Labute approximate surface area is 434 Å². The van der Waals surface area contributed by atoms with E-state index in [9.17, 15) is 50.1 Å². The lowest BCUT2D eigenvalue weighted by atomic mass is 9.84. The number of aliphatic hydroxyl groups excluding tert-OH is 6. The number of nitrogens with zero attached hydrogens (tertiary/aromatic N) is 2. The van der Waals surface area contributed by atoms with Crippen molar-refractivity contribution < 1.29 is 73.8 Å². The van der Waals surface area contributed by atoms with Crippen LogP contribution in [0.5, 0.6) is 23.0 Å². The number of phenolic OH excluding ortho intramolecular Hbond substituents is 1. The zero-order valence-corrected chi connectivity index (χ0v) is 44.3. The number of aromatic hydroxyl groups is 1. The Morgan fingerprint density at radius 3 is 1.85 bits per heavy atom. The van der Waals surface area contributed by atoms with Crippen molar-refractivity contribution in [1.82, 2.24) is 9.80 Å². The maximum absolute atomic E-state index is 14.4. The Kier molecular flexibility index (Phi) is 18.1. The third-order valence-electron chi connectivity index (χ3n) is 15.5. The lowest BCUT2D eigenvalue weighted by molar-refractivity contribution is -0.277. The van der Waals surface area contributed by atoms with Crippen LogP contribution in [-0.2, 0) is 40.2 Å². The highest BCUT2D eigenvalue weighted by atomic mass is 16.7. The molecule has 0 spiro atoms. The Balaban J connectivity index is 1.08. The molecule has 406 valence electrons. The van der Waals surface area contributed by atoms with Crippen molar-refractivity contribution in [3.8, 4) is 23.0 Å². The molecule has 2 aromatic rings. The van der Waals surface area contributed by atoms with Gasteiger partial charge < -0.3 is 64.3 Å². The first-order chi connectivity index (χ1) is 35.1. The van der Waals surface area contributed by atoms with Gasteiger partial charge in [-0.25, -0.2) is 0 Å². The predicted molar refractivity (Wildman–Crippen MR) is 275 cm³/mol. The molecule has 10 atom stereocenters. The number of allylic oxidation sites excluding steroid dienone is 8. The average Bonchev–Trinajstić information content (AvgIpc) is 3.84. The lowest BCUT2D eigenvalue weighted by Gasteiger charge is -2.42. The summed E-state index contributed by atoms with van der Waals surface area (Å²) < 4.78 is 30.8. The number of hydrogen-bond acceptors (Lipinski definition) is 15. The van der Waals surface area contributed by atoms with E-state index in [4.69, 9.17) is 23.7 Å². The Morgan fingerprint density at radius 2 is 1.28 bits per heavy atom. The molecule has 7 N–H and O–H groups in total. The summed E-state index contributed by atoms with van der Waals surface area (Å²) in [7, 11) is 0. The summed E-state index contributed by atoms with van der Waals surface area (Å²) in [6.07, 6.45) is 4.21. The molecule has 1 fully saturated rings. The van der Waals surface area contributed by atoms with Crippen LogP contribution < -0.4 is 14.2 Å². The summed E-state index contributed by atoms with van der Waals surface area (Å²) in [5, 5.41) is 76.1. The zero-order chi connectivity index (χ0) is 53.8. The van der Waals surface area contributed by atoms with Crippen LogP contribution in [0.3, 0.4) is 0 Å². The molecule has 74 heavy (non-hydrogen) atoms. The second-order valence-electron chi connectivity index (χ2n) is 21.8. The molecule has 17 nitrogen and oxygen atoms in total. The quantitative estimate of drug-likeness (QED) is 0.0491. The number of ether oxygens (including phenoxy) is 5. The maximum Gasteiger partial charge on any atom is 0.295 e. The van der Waals surface area contributed by atoms with Gasteiger partial charge in [-0.05, 0) is 125 Å². The van der Waals surface area contributed by atoms with Gasteiger partial charge >= 0.3 is 0 Å². The second kappa shape index (κ2) is 23.7. The number of carbonyl (C=O) groups excluding carboxylic acids is 3. The molecule has 1 unspecified atom stereocenters. The molecular weight excluding hydrogens is 953 g/mol. The normalized spacial score (nSPS) is 27.8. The number of phenols is 1. The number of fused-ring (bicyclic) bond motifs is 6. The minimum atomic E-state index is -1.74. The molecule has 0 radical (unpaired) electrons. The van der Waals surface area contributed by atoms with Crippen LogP contribution in [0.25, 0.3) is 0 Å². The Morgan fingerprint density at radius 1 is 0.730 bits per heavy atom. The zero-order valence-electron chi connectivity index (χ0n) is 44.3. The summed E-state index contributed by atoms with van der Waals surface area (Å²) in [6.45, 7) is 16.0. The fraction of sp³-hybridized carbons (Fsp3) is 0.596. The van der Waals surface area contributed by atoms with Gasteiger partial charge in [-0.3, -0.25) is 19.3 Å². The molecular formula is C57H78N2O15. The maximum atomic E-state index is 14.4. The molecule has 5 heterocycles. The smallest absolute Gasteiger partial charge is 0.295 e. The molecule has 5 aliphatic heterocycles. The van der Waals surface area contributed by atoms with Crippen molar-refractivity contribution in [1.29, 1.82) is 0 Å². The fourth-order valence-electron chi connectivity index (χ4n) is 10.7. The molecule has 17 heteroatoms. The lowest BCUT2D eigenvalue weighted by Crippen LogP contribution is -2.60. The topological polar surface area (TPSA) is 245 Å². The van der Waals surface area contributed by atoms with Gasteiger partial charge in [-0.15, -0.1) is 0 Å². The van der Waals surface area contributed by atoms with Gasteiger partial charge in [0.25, 0.3) is 18.3 Å². The number of amides is 2. The summed E-state index contributed by atoms with van der Waals surface area (Å²) in [5.74, 6) is -0.322. The molecule has 1 saturated heterocycles. The van der Waals surface area contributed by atoms with E-state index in [1.54, 1.807) is 4.90 Å². The first-order valence-corrected chi connectivity index (χ1v) is 26.1. The summed E-state index contributed by atoms with van der Waals surface area (Å²) in [5.41, 5.74) is 5.17. The predicted octanol–water partition coefficient (Wildman–Crippen LogP) is 6.52. The highest BCUT2D eigenvalue weighted by Gasteiger charge is 2.49. The summed E-state index contributed by atoms with van der Waals surface area (Å²) in [6, 6.07) is 2.86. The van der Waals surface area contributed by atoms with Gasteiger partial charge in [0.05, 0.1) is 43.0 Å². The van der Waals surface area contributed by atoms with E-state index in [2.05, 4.69) is 65.8 Å². The third kappa shape index (κ3) is 12.2. The van der Waals surface area contributed by atoms with Crippen molar-refractivity contribution in [2.75, 3.05) is 13.2 Å². The Hall–Kier alpha value is -5.27. The molecule has 0 saturated carbocycles. The fourth-order valence-corrected chi connectivity index (χ4v) is 10.7. The number of hydrogen-bond donors (Lipinski definition) is 7. The van der Waals surface area contributed by atoms with Gasteiger partial charge in [-0.2, -0.15) is 0 Å². The van der Waals surface area contributed by atoms with Crippen molar-refractivity contribution in [2.24, 2.45) is 0 Å². The van der Waals surface area contributed by atoms with Gasteiger partial charge in [0.15, 0.2) is 6.23 Å². The third-order valence-corrected chi connectivity index (χ3v) is 15.5. The highest BCUT2D eigenvalue weighted by Crippen LogP contribution is 2.49. The standard InChI is InChI=1S/C57H78N2O15/c1-32(2)14-9-16-34(5)18-11-21-56(7)45(63)26-38-42(62)24-36-41(51(38)73-56)29-59(54(36)69)47(70-31-61)20-13-23-58-28-40-37(53(58)68)25-43(71-55-50(67)49(66)48(65)44(30-60)72-55)39-27-46(64)57(8,74-52(39)40)22-12-19-35(6)17-10-15-33(3)4/h14-15,18-19,24-25,31,44-50,55,60,62-67H,9-13,16-17,20-23,26-30H2,1-8H3/b34-18+,35-19+/t44-,45+,46+,47?,48-,49+,50-,55-,56-,57-/m1/s1. The van der Waals surface area contributed by atoms with Crippen LogP contribution in [0.4, 0.5) is 0 Å². The SMILES string of the molecule is CC(C)=CCC/C(C)=C/CC[C@@]1(C)Oc2c(c(O)cc3c2CN(C(CCCN2Cc4c(cc(O[C@@H]5O[C@H](CO)[C@@H](O)[C@H](O)[C@H]5O)c5c4O[C@](C)(CC/C=C(\C)CCC=C(C)C)[C@@H](O)C5)C2=O)OC=O)C3=O)C[C@@H]1O. The van der Waals surface area contributed by atoms with Crippen LogP contribution in [0.15, 0.2) is 58.7 Å². The van der Waals surface area contributed by atoms with Crippen LogP contribution in [0.1, 0.15) is 163 Å². The molecule has 7 rings (SSSR count). The first kappa shape index (κ1) is 56.5. The Bertz CT molecular complexity index is 2530. The number of benzene rings is 2. The van der Waals surface area contributed by atoms with E-state index >= 15 is 0 Å². The molecule has 0 bridgehead atoms. The molecule has 2 aromatic carbocycles. The molecule has 0 aromatic heterocycles. The van der Waals surface area contributed by atoms with Gasteiger partial charge in [-0.1, -0.05) is 46.6 Å². The number of carbonyl (C=O) groups is 3. The minimum Gasteiger partial charge on any atom is -0.508 e. The summed E-state index contributed by atoms with van der Waals surface area (Å²) in [4.78, 5) is 43.6. The number of aliphatic hydroxyl groups is 6. The average molecular weight is 1030 g/mol. The van der Waals surface area contributed by atoms with Crippen molar-refractivity contribution in [3.63, 3.8) is 0 Å². The van der Waals surface area contributed by atoms with Crippen LogP contribution >= 0.6 is 0 Å². The molecule has 5 aliphatic rings. The van der Waals surface area contributed by atoms with Crippen molar-refractivity contribution in [2.45, 2.75) is 206 Å². The molecule has 0 aliphatic carbocycles. The highest BCUT2D eigenvalue weighted by molar-refractivity contribution is 6.01.